The first kappa shape index (κ1) is 10.3. The molecular weight excluding hydrogens is 194 g/mol. The van der Waals surface area contributed by atoms with Crippen LogP contribution in [0.25, 0.3) is 0 Å². The predicted octanol–water partition coefficient (Wildman–Crippen LogP) is 1.01. The second kappa shape index (κ2) is 4.53. The lowest BCUT2D eigenvalue weighted by Gasteiger charge is -2.21. The standard InChI is InChI=1S/C10H15N3O2/c1-8(14)5-9-3-2-4-13(9)6-10-11-7-15-12-10/h7,9H,2-6H2,1H3. The van der Waals surface area contributed by atoms with E-state index < -0.39 is 0 Å². The number of carbonyl (C=O) groups is 1. The number of rotatable bonds is 4. The monoisotopic (exact) mass is 209 g/mol. The molecule has 15 heavy (non-hydrogen) atoms. The maximum absolute atomic E-state index is 11.1. The van der Waals surface area contributed by atoms with Gasteiger partial charge in [-0.1, -0.05) is 5.16 Å². The van der Waals surface area contributed by atoms with E-state index in [-0.39, 0.29) is 5.78 Å². The Balaban J connectivity index is 1.93. The molecule has 82 valence electrons. The second-order valence-electron chi connectivity index (χ2n) is 4.02. The minimum Gasteiger partial charge on any atom is -0.343 e. The van der Waals surface area contributed by atoms with Gasteiger partial charge in [-0.2, -0.15) is 4.98 Å². The maximum Gasteiger partial charge on any atom is 0.213 e. The van der Waals surface area contributed by atoms with Crippen LogP contribution < -0.4 is 0 Å². The largest absolute Gasteiger partial charge is 0.343 e. The van der Waals surface area contributed by atoms with Gasteiger partial charge in [0.15, 0.2) is 5.82 Å². The SMILES string of the molecule is CC(=O)CC1CCCN1Cc1ncon1. The van der Waals surface area contributed by atoms with Crippen molar-refractivity contribution in [2.75, 3.05) is 6.54 Å². The maximum atomic E-state index is 11.1. The molecule has 0 N–H and O–H groups in total. The third-order valence-corrected chi connectivity index (χ3v) is 2.77. The van der Waals surface area contributed by atoms with Crippen LogP contribution in [0, 0.1) is 0 Å². The zero-order valence-corrected chi connectivity index (χ0v) is 8.85. The normalized spacial score (nSPS) is 22.1. The number of hydrogen-bond acceptors (Lipinski definition) is 5. The smallest absolute Gasteiger partial charge is 0.213 e. The average molecular weight is 209 g/mol. The Morgan fingerprint density at radius 2 is 2.60 bits per heavy atom. The van der Waals surface area contributed by atoms with Gasteiger partial charge in [0.2, 0.25) is 6.39 Å². The van der Waals surface area contributed by atoms with Gasteiger partial charge in [0.25, 0.3) is 0 Å². The molecule has 5 nitrogen and oxygen atoms in total. The summed E-state index contributed by atoms with van der Waals surface area (Å²) in [5.41, 5.74) is 0. The van der Waals surface area contributed by atoms with Gasteiger partial charge in [-0.15, -0.1) is 0 Å². The number of hydrogen-bond donors (Lipinski definition) is 0. The molecule has 1 saturated heterocycles. The number of aromatic nitrogens is 2. The van der Waals surface area contributed by atoms with Gasteiger partial charge in [-0.05, 0) is 26.3 Å². The molecule has 1 aromatic rings. The van der Waals surface area contributed by atoms with Crippen molar-refractivity contribution in [3.8, 4) is 0 Å². The van der Waals surface area contributed by atoms with E-state index in [4.69, 9.17) is 0 Å². The van der Waals surface area contributed by atoms with E-state index in [0.29, 0.717) is 24.8 Å². The van der Waals surface area contributed by atoms with Crippen LogP contribution in [0.2, 0.25) is 0 Å². The quantitative estimate of drug-likeness (QED) is 0.740. The molecule has 0 bridgehead atoms. The van der Waals surface area contributed by atoms with Crippen LogP contribution in [0.5, 0.6) is 0 Å². The molecular formula is C10H15N3O2. The molecule has 1 aliphatic heterocycles. The van der Waals surface area contributed by atoms with Crippen molar-refractivity contribution in [2.45, 2.75) is 38.8 Å². The Morgan fingerprint density at radius 3 is 3.27 bits per heavy atom. The molecule has 5 heteroatoms. The molecule has 2 heterocycles. The van der Waals surface area contributed by atoms with Gasteiger partial charge in [-0.25, -0.2) is 0 Å². The summed E-state index contributed by atoms with van der Waals surface area (Å²) in [7, 11) is 0. The summed E-state index contributed by atoms with van der Waals surface area (Å²) in [6.45, 7) is 3.35. The highest BCUT2D eigenvalue weighted by molar-refractivity contribution is 5.76. The summed E-state index contributed by atoms with van der Waals surface area (Å²) in [5, 5.41) is 3.78. The molecule has 0 radical (unpaired) electrons. The van der Waals surface area contributed by atoms with E-state index in [2.05, 4.69) is 19.6 Å². The van der Waals surface area contributed by atoms with Crippen LogP contribution in [-0.2, 0) is 11.3 Å². The zero-order valence-electron chi connectivity index (χ0n) is 8.85. The van der Waals surface area contributed by atoms with E-state index >= 15 is 0 Å². The first-order chi connectivity index (χ1) is 7.25. The van der Waals surface area contributed by atoms with Gasteiger partial charge >= 0.3 is 0 Å². The van der Waals surface area contributed by atoms with Crippen molar-refractivity contribution in [3.05, 3.63) is 12.2 Å². The van der Waals surface area contributed by atoms with E-state index in [1.807, 2.05) is 0 Å². The van der Waals surface area contributed by atoms with Gasteiger partial charge in [0.1, 0.15) is 5.78 Å². The van der Waals surface area contributed by atoms with Crippen LogP contribution >= 0.6 is 0 Å². The molecule has 0 spiro atoms. The fraction of sp³-hybridized carbons (Fsp3) is 0.700. The first-order valence-electron chi connectivity index (χ1n) is 5.24. The van der Waals surface area contributed by atoms with Crippen LogP contribution in [0.4, 0.5) is 0 Å². The molecule has 1 aliphatic rings. The molecule has 0 amide bonds. The summed E-state index contributed by atoms with van der Waals surface area (Å²) in [4.78, 5) is 17.3. The lowest BCUT2D eigenvalue weighted by molar-refractivity contribution is -0.118. The van der Waals surface area contributed by atoms with E-state index in [1.165, 1.54) is 6.39 Å². The number of likely N-dealkylation sites (tertiary alicyclic amines) is 1. The van der Waals surface area contributed by atoms with Gasteiger partial charge in [-0.3, -0.25) is 9.69 Å². The number of Topliss-reactive ketones (excluding diaryl/α,β-unsaturated/α-hetero) is 1. The summed E-state index contributed by atoms with van der Waals surface area (Å²) >= 11 is 0. The van der Waals surface area contributed by atoms with Gasteiger partial charge in [0, 0.05) is 12.5 Å². The lowest BCUT2D eigenvalue weighted by Crippen LogP contribution is -2.30. The Morgan fingerprint density at radius 1 is 1.73 bits per heavy atom. The second-order valence-corrected chi connectivity index (χ2v) is 4.02. The molecule has 1 atom stereocenters. The molecule has 2 rings (SSSR count). The van der Waals surface area contributed by atoms with Crippen LogP contribution in [-0.4, -0.2) is 33.4 Å². The van der Waals surface area contributed by atoms with Crippen LogP contribution in [0.1, 0.15) is 32.0 Å². The average Bonchev–Trinajstić information content (AvgIpc) is 2.78. The summed E-state index contributed by atoms with van der Waals surface area (Å²) in [6, 6.07) is 0.362. The van der Waals surface area contributed by atoms with Gasteiger partial charge < -0.3 is 4.52 Å². The molecule has 1 aromatic heterocycles. The molecule has 0 aromatic carbocycles. The Bertz CT molecular complexity index is 323. The highest BCUT2D eigenvalue weighted by Gasteiger charge is 2.26. The van der Waals surface area contributed by atoms with Crippen LogP contribution in [0.3, 0.4) is 0 Å². The fourth-order valence-corrected chi connectivity index (χ4v) is 2.11. The topological polar surface area (TPSA) is 59.2 Å². The lowest BCUT2D eigenvalue weighted by atomic mass is 10.1. The van der Waals surface area contributed by atoms with Crippen molar-refractivity contribution in [1.82, 2.24) is 15.0 Å². The highest BCUT2D eigenvalue weighted by atomic mass is 16.5. The number of carbonyl (C=O) groups excluding carboxylic acids is 1. The third-order valence-electron chi connectivity index (χ3n) is 2.77. The van der Waals surface area contributed by atoms with Gasteiger partial charge in [0.05, 0.1) is 6.54 Å². The third kappa shape index (κ3) is 2.62. The Kier molecular flexibility index (Phi) is 3.11. The molecule has 0 aliphatic carbocycles. The minimum atomic E-state index is 0.250. The Hall–Kier alpha value is -1.23. The summed E-state index contributed by atoms with van der Waals surface area (Å²) < 4.78 is 4.69. The van der Waals surface area contributed by atoms with Crippen molar-refractivity contribution in [2.24, 2.45) is 0 Å². The summed E-state index contributed by atoms with van der Waals surface area (Å²) in [5.74, 6) is 0.950. The van der Waals surface area contributed by atoms with E-state index in [9.17, 15) is 4.79 Å². The highest BCUT2D eigenvalue weighted by Crippen LogP contribution is 2.21. The molecule has 0 saturated carbocycles. The number of nitrogens with zero attached hydrogens (tertiary/aromatic N) is 3. The predicted molar refractivity (Wildman–Crippen MR) is 53.0 cm³/mol. The summed E-state index contributed by atoms with van der Waals surface area (Å²) in [6.07, 6.45) is 4.22. The first-order valence-corrected chi connectivity index (χ1v) is 5.24. The van der Waals surface area contributed by atoms with Crippen molar-refractivity contribution < 1.29 is 9.32 Å². The van der Waals surface area contributed by atoms with E-state index in [1.54, 1.807) is 6.92 Å². The molecule has 1 fully saturated rings. The zero-order chi connectivity index (χ0) is 10.7. The minimum absolute atomic E-state index is 0.250. The Labute approximate surface area is 88.5 Å². The van der Waals surface area contributed by atoms with Crippen molar-refractivity contribution in [1.29, 1.82) is 0 Å². The number of ketones is 1. The van der Waals surface area contributed by atoms with Crippen LogP contribution in [0.15, 0.2) is 10.9 Å². The fourth-order valence-electron chi connectivity index (χ4n) is 2.11. The van der Waals surface area contributed by atoms with Crippen molar-refractivity contribution in [3.63, 3.8) is 0 Å². The van der Waals surface area contributed by atoms with Crippen molar-refractivity contribution >= 4 is 5.78 Å². The molecule has 1 unspecified atom stereocenters. The van der Waals surface area contributed by atoms with E-state index in [0.717, 1.165) is 19.4 Å².